The van der Waals surface area contributed by atoms with Crippen molar-refractivity contribution in [3.63, 3.8) is 0 Å². The number of ether oxygens (including phenoxy) is 1. The maximum absolute atomic E-state index is 14.7. The molecular weight excluding hydrogens is 594 g/mol. The molecule has 0 aliphatic heterocycles. The number of amides is 2. The van der Waals surface area contributed by atoms with Crippen LogP contribution >= 0.6 is 12.4 Å². The van der Waals surface area contributed by atoms with Crippen molar-refractivity contribution in [2.45, 2.75) is 72.3 Å². The predicted octanol–water partition coefficient (Wildman–Crippen LogP) is 6.27. The third kappa shape index (κ3) is 7.76. The molecule has 244 valence electrons. The largest absolute Gasteiger partial charge is 0.493 e. The van der Waals surface area contributed by atoms with Crippen LogP contribution in [0.15, 0.2) is 59.5 Å². The van der Waals surface area contributed by atoms with Crippen LogP contribution in [0.25, 0.3) is 22.2 Å². The fraction of sp³-hybridized carbons (Fsp3) is 0.382. The van der Waals surface area contributed by atoms with E-state index in [1.807, 2.05) is 76.2 Å². The number of hydrogen-bond acceptors (Lipinski definition) is 6. The van der Waals surface area contributed by atoms with Gasteiger partial charge >= 0.3 is 6.03 Å². The summed E-state index contributed by atoms with van der Waals surface area (Å²) in [6, 6.07) is 14.1. The summed E-state index contributed by atoms with van der Waals surface area (Å²) in [7, 11) is 0. The van der Waals surface area contributed by atoms with Crippen molar-refractivity contribution in [2.24, 2.45) is 5.73 Å². The van der Waals surface area contributed by atoms with Crippen LogP contribution in [0.3, 0.4) is 0 Å². The number of anilines is 3. The summed E-state index contributed by atoms with van der Waals surface area (Å²) in [5.41, 5.74) is 16.9. The minimum atomic E-state index is -0.771. The van der Waals surface area contributed by atoms with Gasteiger partial charge in [0.1, 0.15) is 17.1 Å². The number of carbonyl (C=O) groups excluding carboxylic acids is 1. The molecule has 0 bridgehead atoms. The Morgan fingerprint density at radius 3 is 2.27 bits per heavy atom. The van der Waals surface area contributed by atoms with Gasteiger partial charge in [-0.25, -0.2) is 9.78 Å². The highest BCUT2D eigenvalue weighted by Crippen LogP contribution is 2.44. The minimum Gasteiger partial charge on any atom is -0.493 e. The molecule has 2 aromatic carbocycles. The number of nitrogen functional groups attached to an aromatic ring is 1. The Balaban J connectivity index is 0.00000353. The van der Waals surface area contributed by atoms with Crippen LogP contribution < -0.4 is 26.7 Å². The molecular formula is C34H46ClN5O5. The van der Waals surface area contributed by atoms with Gasteiger partial charge in [0.05, 0.1) is 12.3 Å². The number of pyridine rings is 2. The van der Waals surface area contributed by atoms with E-state index >= 15 is 0 Å². The number of unbranched alkanes of at least 4 members (excludes halogenated alkanes) is 1. The molecule has 0 aliphatic rings. The average molecular weight is 640 g/mol. The number of halogens is 1. The van der Waals surface area contributed by atoms with Crippen molar-refractivity contribution in [3.8, 4) is 16.9 Å². The molecule has 7 N–H and O–H groups in total. The zero-order valence-corrected chi connectivity index (χ0v) is 27.5. The van der Waals surface area contributed by atoms with Crippen LogP contribution in [0.4, 0.5) is 21.9 Å². The highest BCUT2D eigenvalue weighted by molar-refractivity contribution is 6.09. The zero-order chi connectivity index (χ0) is 31.3. The van der Waals surface area contributed by atoms with E-state index in [-0.39, 0.29) is 47.6 Å². The van der Waals surface area contributed by atoms with Gasteiger partial charge in [-0.1, -0.05) is 53.2 Å². The first kappa shape index (κ1) is 37.1. The van der Waals surface area contributed by atoms with Crippen molar-refractivity contribution in [3.05, 3.63) is 76.2 Å². The molecule has 0 aliphatic carbocycles. The van der Waals surface area contributed by atoms with Crippen molar-refractivity contribution >= 4 is 46.5 Å². The number of benzene rings is 2. The number of aromatic nitrogens is 2. The summed E-state index contributed by atoms with van der Waals surface area (Å²) in [4.78, 5) is 34.4. The number of fused-ring (bicyclic) bond motifs is 1. The number of aliphatic hydroxyl groups excluding tert-OH is 1. The third-order valence-corrected chi connectivity index (χ3v) is 7.53. The first-order valence-electron chi connectivity index (χ1n) is 15.0. The molecule has 2 aromatic heterocycles. The number of urea groups is 1. The van der Waals surface area contributed by atoms with Crippen molar-refractivity contribution < 1.29 is 20.1 Å². The Hall–Kier alpha value is -4.12. The van der Waals surface area contributed by atoms with Gasteiger partial charge in [-0.3, -0.25) is 14.3 Å². The van der Waals surface area contributed by atoms with Crippen LogP contribution in [0.1, 0.15) is 76.8 Å². The summed E-state index contributed by atoms with van der Waals surface area (Å²) < 4.78 is 7.55. The van der Waals surface area contributed by atoms with Crippen LogP contribution in [-0.2, 0) is 6.54 Å². The summed E-state index contributed by atoms with van der Waals surface area (Å²) in [5.74, 6) is 0.538. The van der Waals surface area contributed by atoms with Crippen LogP contribution in [0, 0.1) is 0 Å². The predicted molar refractivity (Wildman–Crippen MR) is 185 cm³/mol. The number of nitrogens with zero attached hydrogens (tertiary/aromatic N) is 3. The van der Waals surface area contributed by atoms with Crippen molar-refractivity contribution in [1.29, 1.82) is 0 Å². The first-order chi connectivity index (χ1) is 20.6. The number of aryl methyl sites for hydroxylation is 1. The molecule has 0 spiro atoms. The molecule has 11 heteroatoms. The Bertz CT molecular complexity index is 1640. The van der Waals surface area contributed by atoms with Crippen molar-refractivity contribution in [2.75, 3.05) is 23.8 Å². The Kier molecular flexibility index (Phi) is 13.4. The quantitative estimate of drug-likeness (QED) is 0.122. The smallest absolute Gasteiger partial charge is 0.324 e. The number of hydrogen-bond donors (Lipinski definition) is 3. The molecule has 0 atom stereocenters. The van der Waals surface area contributed by atoms with Gasteiger partial charge in [0.15, 0.2) is 0 Å². The first-order valence-corrected chi connectivity index (χ1v) is 15.0. The van der Waals surface area contributed by atoms with E-state index in [0.29, 0.717) is 58.9 Å². The molecule has 2 heterocycles. The molecule has 0 fully saturated rings. The maximum atomic E-state index is 14.7. The molecule has 0 saturated heterocycles. The Morgan fingerprint density at radius 2 is 1.69 bits per heavy atom. The lowest BCUT2D eigenvalue weighted by molar-refractivity contribution is 0.233. The van der Waals surface area contributed by atoms with Crippen LogP contribution in [0.2, 0.25) is 0 Å². The molecule has 0 unspecified atom stereocenters. The normalized spacial score (nSPS) is 10.9. The second-order valence-corrected chi connectivity index (χ2v) is 11.4. The van der Waals surface area contributed by atoms with E-state index in [2.05, 4.69) is 11.9 Å². The van der Waals surface area contributed by atoms with Gasteiger partial charge in [0, 0.05) is 42.4 Å². The number of rotatable bonds is 12. The number of primary amides is 1. The molecule has 45 heavy (non-hydrogen) atoms. The van der Waals surface area contributed by atoms with Gasteiger partial charge in [0.25, 0.3) is 5.56 Å². The van der Waals surface area contributed by atoms with Crippen molar-refractivity contribution in [1.82, 2.24) is 9.55 Å². The molecule has 4 rings (SSSR count). The highest BCUT2D eigenvalue weighted by Gasteiger charge is 2.32. The lowest BCUT2D eigenvalue weighted by atomic mass is 9.90. The van der Waals surface area contributed by atoms with E-state index in [0.717, 1.165) is 24.0 Å². The topological polar surface area (TPSA) is 168 Å². The number of carbonyl (C=O) groups is 1. The summed E-state index contributed by atoms with van der Waals surface area (Å²) in [5, 5.41) is 9.94. The second-order valence-electron chi connectivity index (χ2n) is 11.4. The van der Waals surface area contributed by atoms with E-state index in [1.165, 1.54) is 4.90 Å². The fourth-order valence-corrected chi connectivity index (χ4v) is 5.46. The van der Waals surface area contributed by atoms with Gasteiger partial charge in [-0.15, -0.1) is 12.4 Å². The zero-order valence-electron chi connectivity index (χ0n) is 26.7. The highest BCUT2D eigenvalue weighted by atomic mass is 35.5. The van der Waals surface area contributed by atoms with E-state index < -0.39 is 6.03 Å². The van der Waals surface area contributed by atoms with Gasteiger partial charge in [-0.05, 0) is 71.3 Å². The average Bonchev–Trinajstić information content (AvgIpc) is 2.97. The standard InChI is InChI=1S/C34H43N5O4.ClH.H2O/c1-6-7-15-38-32-26(13-9-14-37-32)29(23-11-8-12-25(18-23)43-17-10-16-40)31(33(38)41)39(34(36)42)30-27(21(2)3)19-24(35)20-28(30)22(4)5;;/h8-9,11-14,18-22,40H,6-7,10,15-17,35H2,1-5H3,(H2,36,42);1H;1H2. The number of aliphatic hydroxyl groups is 1. The lowest BCUT2D eigenvalue weighted by Gasteiger charge is -2.31. The molecule has 0 radical (unpaired) electrons. The molecule has 0 saturated carbocycles. The van der Waals surface area contributed by atoms with Crippen LogP contribution in [-0.4, -0.2) is 39.4 Å². The Labute approximate surface area is 270 Å². The molecule has 4 aromatic rings. The summed E-state index contributed by atoms with van der Waals surface area (Å²) in [6.45, 7) is 11.0. The maximum Gasteiger partial charge on any atom is 0.324 e. The lowest BCUT2D eigenvalue weighted by Crippen LogP contribution is -2.39. The molecule has 2 amide bonds. The van der Waals surface area contributed by atoms with E-state index in [4.69, 9.17) is 16.2 Å². The number of nitrogens with two attached hydrogens (primary N) is 2. The second kappa shape index (κ2) is 16.3. The third-order valence-electron chi connectivity index (χ3n) is 7.53. The minimum absolute atomic E-state index is 0. The molecule has 10 nitrogen and oxygen atoms in total. The van der Waals surface area contributed by atoms with Gasteiger partial charge in [-0.2, -0.15) is 0 Å². The summed E-state index contributed by atoms with van der Waals surface area (Å²) >= 11 is 0. The monoisotopic (exact) mass is 639 g/mol. The van der Waals surface area contributed by atoms with Gasteiger partial charge in [0.2, 0.25) is 0 Å². The summed E-state index contributed by atoms with van der Waals surface area (Å²) in [6.07, 6.45) is 3.78. The van der Waals surface area contributed by atoms with Gasteiger partial charge < -0.3 is 26.8 Å². The van der Waals surface area contributed by atoms with E-state index in [1.54, 1.807) is 10.8 Å². The van der Waals surface area contributed by atoms with Crippen LogP contribution in [0.5, 0.6) is 5.75 Å². The Morgan fingerprint density at radius 1 is 1.02 bits per heavy atom. The fourth-order valence-electron chi connectivity index (χ4n) is 5.46. The van der Waals surface area contributed by atoms with E-state index in [9.17, 15) is 14.7 Å². The SMILES string of the molecule is CCCCn1c(=O)c(N(C(N)=O)c2c(C(C)C)cc(N)cc2C(C)C)c(-c2cccc(OCCCO)c2)c2cccnc21.Cl.O.